The third kappa shape index (κ3) is 3.21. The van der Waals surface area contributed by atoms with Gasteiger partial charge in [-0.05, 0) is 36.4 Å². The van der Waals surface area contributed by atoms with E-state index in [2.05, 4.69) is 4.99 Å². The van der Waals surface area contributed by atoms with E-state index in [9.17, 15) is 4.79 Å². The fourth-order valence-corrected chi connectivity index (χ4v) is 3.16. The number of nitrogens with zero attached hydrogens (tertiary/aromatic N) is 2. The molecule has 112 valence electrons. The van der Waals surface area contributed by atoms with Crippen LogP contribution >= 0.6 is 22.9 Å². The summed E-state index contributed by atoms with van der Waals surface area (Å²) in [7, 11) is 1.89. The molecule has 1 amide bonds. The molecule has 0 radical (unpaired) electrons. The zero-order valence-corrected chi connectivity index (χ0v) is 13.4. The number of hydrogen-bond acceptors (Lipinski definition) is 3. The van der Waals surface area contributed by atoms with Gasteiger partial charge in [0.05, 0.1) is 10.2 Å². The number of rotatable bonds is 3. The van der Waals surface area contributed by atoms with Crippen molar-refractivity contribution < 1.29 is 9.53 Å². The Hall–Kier alpha value is -2.11. The fraction of sp³-hybridized carbons (Fsp3) is 0.125. The topological polar surface area (TPSA) is 43.6 Å². The van der Waals surface area contributed by atoms with Crippen molar-refractivity contribution in [2.24, 2.45) is 12.0 Å². The molecule has 0 N–H and O–H groups in total. The van der Waals surface area contributed by atoms with Crippen molar-refractivity contribution in [3.05, 3.63) is 58.4 Å². The van der Waals surface area contributed by atoms with Crippen LogP contribution in [0.1, 0.15) is 0 Å². The van der Waals surface area contributed by atoms with E-state index in [1.54, 1.807) is 24.3 Å². The van der Waals surface area contributed by atoms with Gasteiger partial charge in [0.25, 0.3) is 5.91 Å². The molecule has 6 heteroatoms. The van der Waals surface area contributed by atoms with Crippen molar-refractivity contribution in [2.45, 2.75) is 0 Å². The number of thiazole rings is 1. The van der Waals surface area contributed by atoms with E-state index < -0.39 is 0 Å². The van der Waals surface area contributed by atoms with Gasteiger partial charge in [-0.2, -0.15) is 4.99 Å². The average molecular weight is 333 g/mol. The second-order valence-electron chi connectivity index (χ2n) is 4.66. The molecule has 0 aliphatic rings. The van der Waals surface area contributed by atoms with Gasteiger partial charge >= 0.3 is 0 Å². The van der Waals surface area contributed by atoms with Crippen LogP contribution in [0.3, 0.4) is 0 Å². The van der Waals surface area contributed by atoms with Crippen molar-refractivity contribution in [1.82, 2.24) is 4.57 Å². The minimum absolute atomic E-state index is 0.101. The molecule has 0 saturated carbocycles. The molecule has 0 saturated heterocycles. The number of carbonyl (C=O) groups is 1. The summed E-state index contributed by atoms with van der Waals surface area (Å²) in [6.07, 6.45) is 0. The third-order valence-electron chi connectivity index (χ3n) is 3.11. The van der Waals surface area contributed by atoms with Crippen LogP contribution in [0, 0.1) is 0 Å². The molecule has 3 aromatic rings. The van der Waals surface area contributed by atoms with E-state index in [1.165, 1.54) is 11.3 Å². The lowest BCUT2D eigenvalue weighted by Crippen LogP contribution is -2.17. The number of carbonyl (C=O) groups excluding carboxylic acids is 1. The highest BCUT2D eigenvalue weighted by molar-refractivity contribution is 7.16. The van der Waals surface area contributed by atoms with E-state index in [-0.39, 0.29) is 12.5 Å². The average Bonchev–Trinajstić information content (AvgIpc) is 2.83. The first-order chi connectivity index (χ1) is 10.6. The van der Waals surface area contributed by atoms with E-state index >= 15 is 0 Å². The maximum absolute atomic E-state index is 12.0. The van der Waals surface area contributed by atoms with Gasteiger partial charge in [-0.1, -0.05) is 35.1 Å². The van der Waals surface area contributed by atoms with Crippen molar-refractivity contribution in [1.29, 1.82) is 0 Å². The quantitative estimate of drug-likeness (QED) is 0.737. The zero-order chi connectivity index (χ0) is 15.5. The normalized spacial score (nSPS) is 11.8. The van der Waals surface area contributed by atoms with E-state index in [0.717, 1.165) is 10.2 Å². The molecule has 0 bridgehead atoms. The number of halogens is 1. The van der Waals surface area contributed by atoms with Crippen molar-refractivity contribution in [2.75, 3.05) is 6.61 Å². The largest absolute Gasteiger partial charge is 0.484 e. The molecule has 1 heterocycles. The number of aromatic nitrogens is 1. The molecule has 0 spiro atoms. The lowest BCUT2D eigenvalue weighted by molar-refractivity contribution is -0.120. The number of aryl methyl sites for hydroxylation is 1. The lowest BCUT2D eigenvalue weighted by atomic mass is 10.3. The summed E-state index contributed by atoms with van der Waals surface area (Å²) in [5.74, 6) is 0.269. The van der Waals surface area contributed by atoms with Crippen LogP contribution < -0.4 is 9.54 Å². The van der Waals surface area contributed by atoms with Crippen LogP contribution in [-0.2, 0) is 11.8 Å². The maximum atomic E-state index is 12.0. The summed E-state index contributed by atoms with van der Waals surface area (Å²) in [4.78, 5) is 16.7. The standard InChI is InChI=1S/C16H13ClN2O2S/c1-19-13-4-2-3-5-14(13)22-16(19)18-15(20)10-21-12-8-6-11(17)7-9-12/h2-9H,10H2,1H3. The Morgan fingerprint density at radius 3 is 2.68 bits per heavy atom. The number of amides is 1. The van der Waals surface area contributed by atoms with Crippen LogP contribution in [0.2, 0.25) is 5.02 Å². The summed E-state index contributed by atoms with van der Waals surface area (Å²) >= 11 is 7.27. The SMILES string of the molecule is Cn1c(=NC(=O)COc2ccc(Cl)cc2)sc2ccccc21. The van der Waals surface area contributed by atoms with E-state index in [1.807, 2.05) is 35.9 Å². The minimum atomic E-state index is -0.322. The Morgan fingerprint density at radius 2 is 1.95 bits per heavy atom. The highest BCUT2D eigenvalue weighted by Gasteiger charge is 2.05. The summed E-state index contributed by atoms with van der Waals surface area (Å²) in [5, 5.41) is 0.626. The Kier molecular flexibility index (Phi) is 4.27. The van der Waals surface area contributed by atoms with Gasteiger partial charge in [0, 0.05) is 12.1 Å². The molecule has 2 aromatic carbocycles. The highest BCUT2D eigenvalue weighted by Crippen LogP contribution is 2.16. The Morgan fingerprint density at radius 1 is 1.23 bits per heavy atom. The Balaban J connectivity index is 1.77. The van der Waals surface area contributed by atoms with Crippen LogP contribution in [-0.4, -0.2) is 17.1 Å². The molecule has 1 aromatic heterocycles. The van der Waals surface area contributed by atoms with Crippen LogP contribution in [0.5, 0.6) is 5.75 Å². The zero-order valence-electron chi connectivity index (χ0n) is 11.8. The van der Waals surface area contributed by atoms with E-state index in [4.69, 9.17) is 16.3 Å². The highest BCUT2D eigenvalue weighted by atomic mass is 35.5. The summed E-state index contributed by atoms with van der Waals surface area (Å²) in [5.41, 5.74) is 1.05. The molecule has 0 atom stereocenters. The second-order valence-corrected chi connectivity index (χ2v) is 6.11. The number of ether oxygens (including phenoxy) is 1. The summed E-state index contributed by atoms with van der Waals surface area (Å²) in [6, 6.07) is 14.8. The van der Waals surface area contributed by atoms with Crippen LogP contribution in [0.4, 0.5) is 0 Å². The van der Waals surface area contributed by atoms with Crippen molar-refractivity contribution in [3.63, 3.8) is 0 Å². The van der Waals surface area contributed by atoms with Gasteiger partial charge in [-0.3, -0.25) is 4.79 Å². The third-order valence-corrected chi connectivity index (χ3v) is 4.48. The molecule has 0 unspecified atom stereocenters. The summed E-state index contributed by atoms with van der Waals surface area (Å²) in [6.45, 7) is -0.101. The summed E-state index contributed by atoms with van der Waals surface area (Å²) < 4.78 is 8.40. The van der Waals surface area contributed by atoms with Gasteiger partial charge in [-0.25, -0.2) is 0 Å². The molecule has 0 aliphatic heterocycles. The first-order valence-corrected chi connectivity index (χ1v) is 7.83. The Labute approximate surface area is 136 Å². The van der Waals surface area contributed by atoms with Gasteiger partial charge in [0.1, 0.15) is 5.75 Å². The number of fused-ring (bicyclic) bond motifs is 1. The van der Waals surface area contributed by atoms with Gasteiger partial charge in [0.2, 0.25) is 0 Å². The molecule has 4 nitrogen and oxygen atoms in total. The minimum Gasteiger partial charge on any atom is -0.484 e. The molecular formula is C16H13ClN2O2S. The molecular weight excluding hydrogens is 320 g/mol. The smallest absolute Gasteiger partial charge is 0.286 e. The second kappa shape index (κ2) is 6.34. The molecule has 0 fully saturated rings. The molecule has 3 rings (SSSR count). The number of benzene rings is 2. The first-order valence-electron chi connectivity index (χ1n) is 6.64. The Bertz CT molecular complexity index is 881. The van der Waals surface area contributed by atoms with E-state index in [0.29, 0.717) is 15.6 Å². The molecule has 22 heavy (non-hydrogen) atoms. The van der Waals surface area contributed by atoms with Gasteiger partial charge in [0.15, 0.2) is 11.4 Å². The van der Waals surface area contributed by atoms with Crippen LogP contribution in [0.25, 0.3) is 10.2 Å². The lowest BCUT2D eigenvalue weighted by Gasteiger charge is -2.02. The predicted molar refractivity (Wildman–Crippen MR) is 88.3 cm³/mol. The number of hydrogen-bond donors (Lipinski definition) is 0. The predicted octanol–water partition coefficient (Wildman–Crippen LogP) is 3.40. The van der Waals surface area contributed by atoms with Crippen LogP contribution in [0.15, 0.2) is 53.5 Å². The maximum Gasteiger partial charge on any atom is 0.286 e. The van der Waals surface area contributed by atoms with Crippen molar-refractivity contribution >= 4 is 39.1 Å². The first kappa shape index (κ1) is 14.8. The van der Waals surface area contributed by atoms with Crippen molar-refractivity contribution in [3.8, 4) is 5.75 Å². The van der Waals surface area contributed by atoms with Gasteiger partial charge < -0.3 is 9.30 Å². The van der Waals surface area contributed by atoms with Gasteiger partial charge in [-0.15, -0.1) is 0 Å². The number of para-hydroxylation sites is 1. The fourth-order valence-electron chi connectivity index (χ4n) is 2.00. The molecule has 0 aliphatic carbocycles. The monoisotopic (exact) mass is 332 g/mol.